The predicted octanol–water partition coefficient (Wildman–Crippen LogP) is 4.07. The van der Waals surface area contributed by atoms with Gasteiger partial charge in [-0.05, 0) is 31.5 Å². The molecule has 0 bridgehead atoms. The molecule has 2 rings (SSSR count). The number of nitrogens with zero attached hydrogens (tertiary/aromatic N) is 2. The van der Waals surface area contributed by atoms with E-state index in [0.29, 0.717) is 5.15 Å². The van der Waals surface area contributed by atoms with Gasteiger partial charge in [0.15, 0.2) is 0 Å². The van der Waals surface area contributed by atoms with E-state index in [-0.39, 0.29) is 0 Å². The molecule has 3 heteroatoms. The maximum atomic E-state index is 5.90. The second-order valence-corrected chi connectivity index (χ2v) is 4.63. The molecule has 0 atom stereocenters. The van der Waals surface area contributed by atoms with Crippen LogP contribution in [0.25, 0.3) is 0 Å². The minimum Gasteiger partial charge on any atom is -0.366 e. The fraction of sp³-hybridized carbons (Fsp3) is 0.267. The van der Waals surface area contributed by atoms with E-state index in [2.05, 4.69) is 41.1 Å². The van der Waals surface area contributed by atoms with E-state index in [1.54, 1.807) is 0 Å². The van der Waals surface area contributed by atoms with Gasteiger partial charge in [-0.15, -0.1) is 0 Å². The molecule has 0 aliphatic rings. The highest BCUT2D eigenvalue weighted by atomic mass is 35.5. The molecule has 18 heavy (non-hydrogen) atoms. The highest BCUT2D eigenvalue weighted by molar-refractivity contribution is 6.29. The van der Waals surface area contributed by atoms with Gasteiger partial charge in [0.25, 0.3) is 0 Å². The summed E-state index contributed by atoms with van der Waals surface area (Å²) in [4.78, 5) is 6.61. The third-order valence-electron chi connectivity index (χ3n) is 2.96. The zero-order chi connectivity index (χ0) is 13.0. The maximum absolute atomic E-state index is 5.90. The Hall–Kier alpha value is -1.54. The summed E-state index contributed by atoms with van der Waals surface area (Å²) in [6.07, 6.45) is 0. The molecular weight excluding hydrogens is 244 g/mol. The van der Waals surface area contributed by atoms with Crippen LogP contribution >= 0.6 is 11.6 Å². The summed E-state index contributed by atoms with van der Waals surface area (Å²) >= 11 is 5.90. The number of anilines is 1. The summed E-state index contributed by atoms with van der Waals surface area (Å²) < 4.78 is 0. The number of halogens is 1. The first-order valence-corrected chi connectivity index (χ1v) is 6.50. The average molecular weight is 261 g/mol. The van der Waals surface area contributed by atoms with Crippen molar-refractivity contribution in [2.75, 3.05) is 11.4 Å². The quantitative estimate of drug-likeness (QED) is 0.771. The highest BCUT2D eigenvalue weighted by Gasteiger charge is 2.09. The normalized spacial score (nSPS) is 10.4. The van der Waals surface area contributed by atoms with E-state index in [1.165, 1.54) is 5.56 Å². The van der Waals surface area contributed by atoms with Crippen molar-refractivity contribution in [3.05, 3.63) is 58.9 Å². The molecule has 2 nitrogen and oxygen atoms in total. The third kappa shape index (κ3) is 3.02. The van der Waals surface area contributed by atoms with Gasteiger partial charge in [-0.2, -0.15) is 0 Å². The molecule has 1 aromatic carbocycles. The Bertz CT molecular complexity index is 511. The van der Waals surface area contributed by atoms with Crippen LogP contribution in [-0.4, -0.2) is 11.5 Å². The smallest absolute Gasteiger partial charge is 0.129 e. The standard InChI is InChI=1S/C15H17ClN2/c1-3-18(11-13-7-5-4-6-8-13)14-9-10-15(16)17-12(14)2/h4-10H,3,11H2,1-2H3. The van der Waals surface area contributed by atoms with E-state index >= 15 is 0 Å². The van der Waals surface area contributed by atoms with Crippen molar-refractivity contribution in [2.24, 2.45) is 0 Å². The van der Waals surface area contributed by atoms with E-state index in [0.717, 1.165) is 24.5 Å². The number of pyridine rings is 1. The maximum Gasteiger partial charge on any atom is 0.129 e. The molecule has 0 saturated heterocycles. The summed E-state index contributed by atoms with van der Waals surface area (Å²) in [5.74, 6) is 0. The van der Waals surface area contributed by atoms with Crippen LogP contribution in [0.1, 0.15) is 18.2 Å². The minimum absolute atomic E-state index is 0.548. The van der Waals surface area contributed by atoms with Gasteiger partial charge in [0.05, 0.1) is 11.4 Å². The second kappa shape index (κ2) is 5.87. The molecule has 0 aliphatic carbocycles. The lowest BCUT2D eigenvalue weighted by Gasteiger charge is -2.24. The lowest BCUT2D eigenvalue weighted by atomic mass is 10.2. The van der Waals surface area contributed by atoms with E-state index < -0.39 is 0 Å². The van der Waals surface area contributed by atoms with Crippen molar-refractivity contribution in [3.63, 3.8) is 0 Å². The van der Waals surface area contributed by atoms with Crippen LogP contribution in [-0.2, 0) is 6.54 Å². The zero-order valence-electron chi connectivity index (χ0n) is 10.7. The number of aromatic nitrogens is 1. The molecule has 0 unspecified atom stereocenters. The van der Waals surface area contributed by atoms with Crippen molar-refractivity contribution >= 4 is 17.3 Å². The Morgan fingerprint density at radius 1 is 1.11 bits per heavy atom. The molecule has 0 spiro atoms. The van der Waals surface area contributed by atoms with Crippen LogP contribution in [0.4, 0.5) is 5.69 Å². The number of hydrogen-bond donors (Lipinski definition) is 0. The number of hydrogen-bond acceptors (Lipinski definition) is 2. The van der Waals surface area contributed by atoms with Gasteiger partial charge in [-0.1, -0.05) is 41.9 Å². The Kier molecular flexibility index (Phi) is 4.21. The van der Waals surface area contributed by atoms with E-state index in [9.17, 15) is 0 Å². The van der Waals surface area contributed by atoms with E-state index in [1.807, 2.05) is 25.1 Å². The highest BCUT2D eigenvalue weighted by Crippen LogP contribution is 2.22. The van der Waals surface area contributed by atoms with E-state index in [4.69, 9.17) is 11.6 Å². The Labute approximate surface area is 113 Å². The van der Waals surface area contributed by atoms with Gasteiger partial charge in [0.1, 0.15) is 5.15 Å². The Balaban J connectivity index is 2.23. The molecule has 0 aliphatic heterocycles. The first-order chi connectivity index (χ1) is 8.70. The fourth-order valence-electron chi connectivity index (χ4n) is 2.03. The SMILES string of the molecule is CCN(Cc1ccccc1)c1ccc(Cl)nc1C. The monoisotopic (exact) mass is 260 g/mol. The molecule has 1 heterocycles. The van der Waals surface area contributed by atoms with Crippen molar-refractivity contribution in [1.29, 1.82) is 0 Å². The molecule has 0 radical (unpaired) electrons. The topological polar surface area (TPSA) is 16.1 Å². The summed E-state index contributed by atoms with van der Waals surface area (Å²) in [6, 6.07) is 14.3. The van der Waals surface area contributed by atoms with Crippen LogP contribution in [0.3, 0.4) is 0 Å². The second-order valence-electron chi connectivity index (χ2n) is 4.24. The van der Waals surface area contributed by atoms with Gasteiger partial charge >= 0.3 is 0 Å². The van der Waals surface area contributed by atoms with Crippen LogP contribution in [0.2, 0.25) is 5.15 Å². The largest absolute Gasteiger partial charge is 0.366 e. The summed E-state index contributed by atoms with van der Waals surface area (Å²) in [5.41, 5.74) is 3.42. The number of aryl methyl sites for hydroxylation is 1. The van der Waals surface area contributed by atoms with Crippen molar-refractivity contribution in [1.82, 2.24) is 4.98 Å². The van der Waals surface area contributed by atoms with Crippen molar-refractivity contribution in [3.8, 4) is 0 Å². The first-order valence-electron chi connectivity index (χ1n) is 6.12. The van der Waals surface area contributed by atoms with Crippen LogP contribution in [0.5, 0.6) is 0 Å². The summed E-state index contributed by atoms with van der Waals surface area (Å²) in [5, 5.41) is 0.548. The molecule has 0 saturated carbocycles. The first kappa shape index (κ1) is 12.9. The van der Waals surface area contributed by atoms with Gasteiger partial charge < -0.3 is 4.90 Å². The van der Waals surface area contributed by atoms with Crippen LogP contribution in [0, 0.1) is 6.92 Å². The molecule has 0 N–H and O–H groups in total. The number of rotatable bonds is 4. The van der Waals surface area contributed by atoms with Crippen LogP contribution < -0.4 is 4.90 Å². The minimum atomic E-state index is 0.548. The number of benzene rings is 1. The third-order valence-corrected chi connectivity index (χ3v) is 3.17. The Morgan fingerprint density at radius 2 is 1.83 bits per heavy atom. The van der Waals surface area contributed by atoms with Crippen molar-refractivity contribution < 1.29 is 0 Å². The molecule has 0 amide bonds. The molecule has 1 aromatic heterocycles. The van der Waals surface area contributed by atoms with Gasteiger partial charge in [0, 0.05) is 13.1 Å². The van der Waals surface area contributed by atoms with Gasteiger partial charge in [-0.25, -0.2) is 4.98 Å². The molecule has 2 aromatic rings. The summed E-state index contributed by atoms with van der Waals surface area (Å²) in [6.45, 7) is 5.98. The van der Waals surface area contributed by atoms with Crippen LogP contribution in [0.15, 0.2) is 42.5 Å². The van der Waals surface area contributed by atoms with Gasteiger partial charge in [-0.3, -0.25) is 0 Å². The van der Waals surface area contributed by atoms with Crippen molar-refractivity contribution in [2.45, 2.75) is 20.4 Å². The lowest BCUT2D eigenvalue weighted by Crippen LogP contribution is -2.23. The fourth-order valence-corrected chi connectivity index (χ4v) is 2.22. The zero-order valence-corrected chi connectivity index (χ0v) is 11.5. The molecular formula is C15H17ClN2. The molecule has 94 valence electrons. The average Bonchev–Trinajstić information content (AvgIpc) is 2.38. The summed E-state index contributed by atoms with van der Waals surface area (Å²) in [7, 11) is 0. The lowest BCUT2D eigenvalue weighted by molar-refractivity contribution is 0.823. The Morgan fingerprint density at radius 3 is 2.44 bits per heavy atom. The van der Waals surface area contributed by atoms with Gasteiger partial charge in [0.2, 0.25) is 0 Å². The molecule has 0 fully saturated rings. The predicted molar refractivity (Wildman–Crippen MR) is 77.2 cm³/mol.